The standard InChI is InChI=1S/C56H69N3O10S2/c1-35(2)32-59(71(64,65)44-20-18-43(66-8)19-21-44)33-48(60)39(29-51(61)69-49-34-68-56(5)47(49)24-26-67-56)27-36-9-14-41(15-10-36)57-31-40-28-38(37-11-16-42(17-12-37)58(6)7)13-22-45(40)53-52(54(62)63)46-30-55(3,4)25-23-50(46)70-53/h9-22,28,35,39,47-49,57,60H,23-27,29-34H2,1-8H3,(H,62,63)/t39-,47+,48-,49+,56-/m1/s1. The molecular weight excluding hydrogens is 939 g/mol. The zero-order valence-electron chi connectivity index (χ0n) is 42.2. The number of aliphatic hydroxyl groups excluding tert-OH is 1. The van der Waals surface area contributed by atoms with Crippen molar-refractivity contribution in [3.8, 4) is 27.3 Å². The second kappa shape index (κ2) is 21.4. The fourth-order valence-electron chi connectivity index (χ4n) is 10.3. The summed E-state index contributed by atoms with van der Waals surface area (Å²) in [6.07, 6.45) is 1.65. The molecular formula is C56H69N3O10S2. The number of hydrogen-bond acceptors (Lipinski definition) is 12. The Bertz CT molecular complexity index is 2790. The van der Waals surface area contributed by atoms with Crippen LogP contribution in [0.2, 0.25) is 0 Å². The van der Waals surface area contributed by atoms with Crippen LogP contribution in [0.3, 0.4) is 0 Å². The molecule has 3 N–H and O–H groups in total. The molecule has 2 aliphatic heterocycles. The molecule has 5 atom stereocenters. The lowest BCUT2D eigenvalue weighted by Gasteiger charge is -2.30. The average Bonchev–Trinajstić information content (AvgIpc) is 4.00. The van der Waals surface area contributed by atoms with Gasteiger partial charge in [-0.2, -0.15) is 4.31 Å². The van der Waals surface area contributed by atoms with Gasteiger partial charge in [-0.3, -0.25) is 4.79 Å². The van der Waals surface area contributed by atoms with Gasteiger partial charge in [0.25, 0.3) is 0 Å². The van der Waals surface area contributed by atoms with Crippen molar-refractivity contribution in [2.75, 3.05) is 57.7 Å². The van der Waals surface area contributed by atoms with Crippen molar-refractivity contribution >= 4 is 44.7 Å². The molecule has 2 fully saturated rings. The number of aromatic carboxylic acids is 1. The second-order valence-corrected chi connectivity index (χ2v) is 24.0. The molecule has 0 radical (unpaired) electrons. The third-order valence-electron chi connectivity index (χ3n) is 14.4. The number of thiophene rings is 1. The zero-order chi connectivity index (χ0) is 50.8. The quantitative estimate of drug-likeness (QED) is 0.0634. The molecule has 13 nitrogen and oxygen atoms in total. The summed E-state index contributed by atoms with van der Waals surface area (Å²) in [5.74, 6) is -2.57. The predicted molar refractivity (Wildman–Crippen MR) is 279 cm³/mol. The van der Waals surface area contributed by atoms with E-state index < -0.39 is 45.9 Å². The monoisotopic (exact) mass is 1010 g/mol. The SMILES string of the molecule is COc1ccc(S(=O)(=O)N(CC(C)C)C[C@@H](O)[C@@H](CC(=O)O[C@H]2CO[C@@]3(C)OCC[C@@H]23)Cc2ccc(NCc3cc(-c4ccc(N(C)C)cc4)ccc3-c3sc4c(c3C(=O)O)CC(C)(C)CC4)cc2)cc1. The number of esters is 1. The Hall–Kier alpha value is -5.29. The van der Waals surface area contributed by atoms with Gasteiger partial charge in [0.2, 0.25) is 10.0 Å². The first-order valence-corrected chi connectivity index (χ1v) is 26.9. The number of anilines is 2. The molecule has 3 aliphatic rings. The predicted octanol–water partition coefficient (Wildman–Crippen LogP) is 9.93. The number of aliphatic hydroxyl groups is 1. The van der Waals surface area contributed by atoms with Crippen molar-refractivity contribution in [2.24, 2.45) is 23.2 Å². The van der Waals surface area contributed by atoms with E-state index in [-0.39, 0.29) is 54.7 Å². The smallest absolute Gasteiger partial charge is 0.337 e. The van der Waals surface area contributed by atoms with E-state index in [9.17, 15) is 28.2 Å². The number of ether oxygens (including phenoxy) is 4. The van der Waals surface area contributed by atoms with E-state index in [4.69, 9.17) is 18.9 Å². The van der Waals surface area contributed by atoms with Gasteiger partial charge < -0.3 is 39.4 Å². The van der Waals surface area contributed by atoms with Gasteiger partial charge in [-0.25, -0.2) is 13.2 Å². The molecule has 0 unspecified atom stereocenters. The Kier molecular flexibility index (Phi) is 15.7. The molecule has 8 rings (SSSR count). The van der Waals surface area contributed by atoms with E-state index in [2.05, 4.69) is 66.5 Å². The molecule has 380 valence electrons. The Morgan fingerprint density at radius 3 is 2.30 bits per heavy atom. The van der Waals surface area contributed by atoms with Gasteiger partial charge in [0, 0.05) is 60.8 Å². The van der Waals surface area contributed by atoms with Crippen molar-refractivity contribution in [3.05, 3.63) is 118 Å². The van der Waals surface area contributed by atoms with Gasteiger partial charge >= 0.3 is 11.9 Å². The third kappa shape index (κ3) is 11.8. The highest BCUT2D eigenvalue weighted by Gasteiger charge is 2.53. The van der Waals surface area contributed by atoms with Gasteiger partial charge in [-0.1, -0.05) is 64.1 Å². The van der Waals surface area contributed by atoms with Gasteiger partial charge in [-0.05, 0) is 138 Å². The lowest BCUT2D eigenvalue weighted by molar-refractivity contribution is -0.181. The molecule has 15 heteroatoms. The zero-order valence-corrected chi connectivity index (χ0v) is 43.8. The number of carbonyl (C=O) groups excluding carboxylic acids is 1. The number of aryl methyl sites for hydroxylation is 1. The number of nitrogens with one attached hydrogen (secondary N) is 1. The van der Waals surface area contributed by atoms with Gasteiger partial charge in [0.15, 0.2) is 5.79 Å². The van der Waals surface area contributed by atoms with E-state index in [0.29, 0.717) is 30.9 Å². The number of carboxylic acids is 1. The van der Waals surface area contributed by atoms with Crippen LogP contribution in [0.4, 0.5) is 11.4 Å². The van der Waals surface area contributed by atoms with Crippen molar-refractivity contribution < 1.29 is 47.2 Å². The maximum Gasteiger partial charge on any atom is 0.337 e. The Labute approximate surface area is 423 Å². The second-order valence-electron chi connectivity index (χ2n) is 20.9. The highest BCUT2D eigenvalue weighted by molar-refractivity contribution is 7.89. The first-order chi connectivity index (χ1) is 33.7. The first kappa shape index (κ1) is 52.0. The summed E-state index contributed by atoms with van der Waals surface area (Å²) in [5.41, 5.74) is 8.02. The Morgan fingerprint density at radius 1 is 0.930 bits per heavy atom. The lowest BCUT2D eigenvalue weighted by Crippen LogP contribution is -2.43. The van der Waals surface area contributed by atoms with Crippen LogP contribution in [0.25, 0.3) is 21.6 Å². The van der Waals surface area contributed by atoms with Crippen LogP contribution in [-0.4, -0.2) is 100 Å². The molecule has 4 aromatic carbocycles. The molecule has 1 aromatic heterocycles. The summed E-state index contributed by atoms with van der Waals surface area (Å²) in [6.45, 7) is 11.2. The molecule has 5 aromatic rings. The number of nitrogens with zero attached hydrogens (tertiary/aromatic N) is 2. The summed E-state index contributed by atoms with van der Waals surface area (Å²) < 4.78 is 52.6. The number of rotatable bonds is 20. The largest absolute Gasteiger partial charge is 0.497 e. The number of carboxylic acid groups (broad SMARTS) is 1. The average molecular weight is 1010 g/mol. The fourth-order valence-corrected chi connectivity index (χ4v) is 13.3. The summed E-state index contributed by atoms with van der Waals surface area (Å²) in [5, 5.41) is 26.4. The van der Waals surface area contributed by atoms with Crippen LogP contribution in [0.5, 0.6) is 5.75 Å². The van der Waals surface area contributed by atoms with Crippen LogP contribution < -0.4 is 15.0 Å². The van der Waals surface area contributed by atoms with E-state index in [1.807, 2.05) is 59.1 Å². The minimum Gasteiger partial charge on any atom is -0.497 e. The summed E-state index contributed by atoms with van der Waals surface area (Å²) in [6, 6.07) is 28.6. The van der Waals surface area contributed by atoms with Crippen LogP contribution >= 0.6 is 11.3 Å². The first-order valence-electron chi connectivity index (χ1n) is 24.6. The molecule has 3 heterocycles. The van der Waals surface area contributed by atoms with Gasteiger partial charge in [-0.15, -0.1) is 11.3 Å². The number of sulfonamides is 1. The Balaban J connectivity index is 1.05. The number of methoxy groups -OCH3 is 1. The third-order valence-corrected chi connectivity index (χ3v) is 17.5. The van der Waals surface area contributed by atoms with E-state index in [0.717, 1.165) is 73.8 Å². The summed E-state index contributed by atoms with van der Waals surface area (Å²) in [4.78, 5) is 31.0. The topological polar surface area (TPSA) is 164 Å². The van der Waals surface area contributed by atoms with E-state index >= 15 is 0 Å². The van der Waals surface area contributed by atoms with Crippen molar-refractivity contribution in [3.63, 3.8) is 0 Å². The van der Waals surface area contributed by atoms with E-state index in [1.165, 1.54) is 23.5 Å². The molecule has 0 bridgehead atoms. The lowest BCUT2D eigenvalue weighted by atomic mass is 9.76. The highest BCUT2D eigenvalue weighted by Crippen LogP contribution is 2.47. The number of benzene rings is 4. The fraction of sp³-hybridized carbons (Fsp3) is 0.464. The van der Waals surface area contributed by atoms with Gasteiger partial charge in [0.1, 0.15) is 11.9 Å². The molecule has 1 aliphatic carbocycles. The molecule has 71 heavy (non-hydrogen) atoms. The summed E-state index contributed by atoms with van der Waals surface area (Å²) in [7, 11) is 1.49. The van der Waals surface area contributed by atoms with Crippen LogP contribution in [-0.2, 0) is 54.8 Å². The maximum absolute atomic E-state index is 14.1. The minimum absolute atomic E-state index is 0.0151. The van der Waals surface area contributed by atoms with Crippen LogP contribution in [0.1, 0.15) is 85.8 Å². The van der Waals surface area contributed by atoms with Crippen LogP contribution in [0, 0.1) is 23.2 Å². The number of fused-ring (bicyclic) bond motifs is 2. The van der Waals surface area contributed by atoms with Crippen molar-refractivity contribution in [2.45, 2.75) is 103 Å². The molecule has 0 spiro atoms. The number of hydrogen-bond donors (Lipinski definition) is 3. The van der Waals surface area contributed by atoms with Gasteiger partial charge in [0.05, 0.1) is 49.2 Å². The van der Waals surface area contributed by atoms with E-state index in [1.54, 1.807) is 23.5 Å². The number of carbonyl (C=O) groups is 2. The molecule has 0 amide bonds. The Morgan fingerprint density at radius 2 is 1.63 bits per heavy atom. The molecule has 2 saturated heterocycles. The minimum atomic E-state index is -4.05. The highest BCUT2D eigenvalue weighted by atomic mass is 32.2. The van der Waals surface area contributed by atoms with Crippen molar-refractivity contribution in [1.29, 1.82) is 0 Å². The maximum atomic E-state index is 14.1. The normalized spacial score (nSPS) is 20.3. The summed E-state index contributed by atoms with van der Waals surface area (Å²) >= 11 is 1.60. The van der Waals surface area contributed by atoms with Crippen LogP contribution in [0.15, 0.2) is 95.9 Å². The molecule has 0 saturated carbocycles. The van der Waals surface area contributed by atoms with Crippen molar-refractivity contribution in [1.82, 2.24) is 4.31 Å².